The first-order chi connectivity index (χ1) is 7.58. The second-order valence-electron chi connectivity index (χ2n) is 2.91. The van der Waals surface area contributed by atoms with Crippen LogP contribution in [0.2, 0.25) is 0 Å². The molecule has 5 heteroatoms. The molecule has 0 radical (unpaired) electrons. The predicted octanol–water partition coefficient (Wildman–Crippen LogP) is 1.80. The van der Waals surface area contributed by atoms with Crippen molar-refractivity contribution in [3.8, 4) is 11.5 Å². The van der Waals surface area contributed by atoms with Crippen molar-refractivity contribution >= 4 is 0 Å². The van der Waals surface area contributed by atoms with Gasteiger partial charge in [-0.2, -0.15) is 0 Å². The van der Waals surface area contributed by atoms with E-state index in [0.29, 0.717) is 0 Å². The van der Waals surface area contributed by atoms with Gasteiger partial charge in [-0.3, -0.25) is 0 Å². The van der Waals surface area contributed by atoms with Crippen molar-refractivity contribution < 1.29 is 40.1 Å². The third-order valence-electron chi connectivity index (χ3n) is 1.63. The van der Waals surface area contributed by atoms with Gasteiger partial charge in [0.15, 0.2) is 0 Å². The Morgan fingerprint density at radius 1 is 0.588 bits per heavy atom. The fourth-order valence-electron chi connectivity index (χ4n) is 0.869. The van der Waals surface area contributed by atoms with Crippen LogP contribution in [-0.4, -0.2) is 0 Å². The second kappa shape index (κ2) is 7.80. The molecule has 0 aliphatic carbocycles. The molecule has 0 spiro atoms. The van der Waals surface area contributed by atoms with Crippen LogP contribution >= 0.6 is 0 Å². The van der Waals surface area contributed by atoms with Gasteiger partial charge in [-0.15, -0.1) is 11.5 Å². The monoisotopic (exact) mass is 417 g/mol. The molecule has 2 aromatic carbocycles. The van der Waals surface area contributed by atoms with Gasteiger partial charge in [0.2, 0.25) is 0 Å². The molecule has 0 aromatic heterocycles. The van der Waals surface area contributed by atoms with Crippen LogP contribution in [0.4, 0.5) is 8.78 Å². The van der Waals surface area contributed by atoms with Gasteiger partial charge in [0.05, 0.1) is 0 Å². The zero-order chi connectivity index (χ0) is 12.0. The Hall–Kier alpha value is -1.41. The molecule has 0 amide bonds. The summed E-state index contributed by atoms with van der Waals surface area (Å²) in [5, 5.41) is 20.5. The number of halogens is 2. The molecule has 0 unspecified atom stereocenters. The summed E-state index contributed by atoms with van der Waals surface area (Å²) in [4.78, 5) is 0. The number of hydrogen-bond donors (Lipinski definition) is 0. The van der Waals surface area contributed by atoms with Gasteiger partial charge in [-0.25, -0.2) is 8.78 Å². The summed E-state index contributed by atoms with van der Waals surface area (Å²) in [6.07, 6.45) is 0. The molecule has 0 bridgehead atoms. The van der Waals surface area contributed by atoms with E-state index in [1.165, 1.54) is 24.3 Å². The number of benzene rings is 2. The van der Waals surface area contributed by atoms with E-state index in [2.05, 4.69) is 0 Å². The Labute approximate surface area is 112 Å². The fourth-order valence-corrected chi connectivity index (χ4v) is 0.869. The fraction of sp³-hybridized carbons (Fsp3) is 0. The molecule has 0 aliphatic heterocycles. The van der Waals surface area contributed by atoms with Gasteiger partial charge < -0.3 is 10.2 Å². The Morgan fingerprint density at radius 2 is 0.824 bits per heavy atom. The summed E-state index contributed by atoms with van der Waals surface area (Å²) in [5.41, 5.74) is 0. The smallest absolute Gasteiger partial charge is 0.872 e. The van der Waals surface area contributed by atoms with Crippen molar-refractivity contribution in [3.63, 3.8) is 0 Å². The van der Waals surface area contributed by atoms with Gasteiger partial charge >= 0.3 is 21.1 Å². The van der Waals surface area contributed by atoms with Gasteiger partial charge in [-0.1, -0.05) is 24.3 Å². The molecule has 2 rings (SSSR count). The maximum absolute atomic E-state index is 11.9. The summed E-state index contributed by atoms with van der Waals surface area (Å²) in [5.74, 6) is -1.06. The Kier molecular flexibility index (Phi) is 7.15. The van der Waals surface area contributed by atoms with E-state index in [1.807, 2.05) is 0 Å². The molecule has 0 N–H and O–H groups in total. The molecule has 0 saturated heterocycles. The first-order valence-electron chi connectivity index (χ1n) is 4.43. The van der Waals surface area contributed by atoms with E-state index in [-0.39, 0.29) is 44.2 Å². The average Bonchev–Trinajstić information content (AvgIpc) is 2.28. The van der Waals surface area contributed by atoms with Crippen LogP contribution in [0, 0.1) is 11.6 Å². The maximum atomic E-state index is 11.9. The normalized spacial score (nSPS) is 8.59. The Bertz CT molecular complexity index is 344. The Morgan fingerprint density at radius 3 is 1.00 bits per heavy atom. The third-order valence-corrected chi connectivity index (χ3v) is 1.63. The van der Waals surface area contributed by atoms with Gasteiger partial charge in [0.25, 0.3) is 0 Å². The summed E-state index contributed by atoms with van der Waals surface area (Å²) in [7, 11) is 0. The van der Waals surface area contributed by atoms with Gasteiger partial charge in [-0.05, 0) is 24.3 Å². The van der Waals surface area contributed by atoms with Crippen LogP contribution in [0.1, 0.15) is 0 Å². The quantitative estimate of drug-likeness (QED) is 0.657. The number of hydrogen-bond acceptors (Lipinski definition) is 2. The first kappa shape index (κ1) is 15.6. The summed E-state index contributed by atoms with van der Waals surface area (Å²) >= 11 is 0. The van der Waals surface area contributed by atoms with E-state index < -0.39 is 0 Å². The first-order valence-corrected chi connectivity index (χ1v) is 4.43. The minimum atomic E-state index is -0.371. The van der Waals surface area contributed by atoms with E-state index in [9.17, 15) is 19.0 Å². The molecular weight excluding hydrogens is 409 g/mol. The van der Waals surface area contributed by atoms with E-state index in [1.54, 1.807) is 0 Å². The van der Waals surface area contributed by atoms with E-state index >= 15 is 0 Å². The summed E-state index contributed by atoms with van der Waals surface area (Å²) in [6, 6.07) is 9.32. The number of rotatable bonds is 0. The molecule has 0 saturated carbocycles. The van der Waals surface area contributed by atoms with Crippen molar-refractivity contribution in [2.75, 3.05) is 0 Å². The maximum Gasteiger partial charge on any atom is 2.00 e. The molecule has 2 aromatic rings. The van der Waals surface area contributed by atoms with Crippen LogP contribution in [0.25, 0.3) is 0 Å². The van der Waals surface area contributed by atoms with E-state index in [4.69, 9.17) is 0 Å². The van der Waals surface area contributed by atoms with Crippen molar-refractivity contribution in [1.82, 2.24) is 0 Å². The molecular formula is C12H8F2O2Pt. The van der Waals surface area contributed by atoms with E-state index in [0.717, 1.165) is 24.3 Å². The third kappa shape index (κ3) is 6.69. The topological polar surface area (TPSA) is 46.1 Å². The zero-order valence-corrected chi connectivity index (χ0v) is 10.8. The van der Waals surface area contributed by atoms with Crippen molar-refractivity contribution in [3.05, 3.63) is 60.2 Å². The second-order valence-corrected chi connectivity index (χ2v) is 2.91. The standard InChI is InChI=1S/2C6H5FO.Pt/c2*7-5-1-3-6(8)4-2-5;/h2*1-4,8H;/q;;+2/p-2. The van der Waals surface area contributed by atoms with Crippen molar-refractivity contribution in [2.24, 2.45) is 0 Å². The zero-order valence-electron chi connectivity index (χ0n) is 8.51. The molecule has 92 valence electrons. The Balaban J connectivity index is 0.000000284. The van der Waals surface area contributed by atoms with Crippen LogP contribution in [0.5, 0.6) is 11.5 Å². The van der Waals surface area contributed by atoms with Crippen LogP contribution < -0.4 is 10.2 Å². The average molecular weight is 417 g/mol. The molecule has 0 atom stereocenters. The van der Waals surface area contributed by atoms with Crippen molar-refractivity contribution in [1.29, 1.82) is 0 Å². The summed E-state index contributed by atoms with van der Waals surface area (Å²) in [6.45, 7) is 0. The molecule has 0 fully saturated rings. The van der Waals surface area contributed by atoms with Gasteiger partial charge in [0, 0.05) is 0 Å². The minimum Gasteiger partial charge on any atom is -0.872 e. The molecule has 0 aliphatic rings. The minimum absolute atomic E-state index is 0. The largest absolute Gasteiger partial charge is 2.00 e. The molecule has 2 nitrogen and oxygen atoms in total. The summed E-state index contributed by atoms with van der Waals surface area (Å²) < 4.78 is 23.9. The van der Waals surface area contributed by atoms with Crippen molar-refractivity contribution in [2.45, 2.75) is 0 Å². The predicted molar refractivity (Wildman–Crippen MR) is 51.7 cm³/mol. The van der Waals surface area contributed by atoms with Crippen LogP contribution in [0.3, 0.4) is 0 Å². The molecule has 0 heterocycles. The molecule has 17 heavy (non-hydrogen) atoms. The van der Waals surface area contributed by atoms with Crippen LogP contribution in [0.15, 0.2) is 48.5 Å². The van der Waals surface area contributed by atoms with Crippen LogP contribution in [-0.2, 0) is 21.1 Å². The SMILES string of the molecule is [O-]c1ccc(F)cc1.[O-]c1ccc(F)cc1.[Pt+2]. The van der Waals surface area contributed by atoms with Gasteiger partial charge in [0.1, 0.15) is 11.6 Å².